The maximum atomic E-state index is 13.7. The highest BCUT2D eigenvalue weighted by Gasteiger charge is 2.51. The normalized spacial score (nSPS) is 19.2. The van der Waals surface area contributed by atoms with Crippen molar-refractivity contribution in [1.29, 1.82) is 0 Å². The lowest BCUT2D eigenvalue weighted by atomic mass is 10.2. The molecule has 1 aliphatic heterocycles. The van der Waals surface area contributed by atoms with E-state index in [-0.39, 0.29) is 18.4 Å². The summed E-state index contributed by atoms with van der Waals surface area (Å²) in [7, 11) is -21.3. The Bertz CT molecular complexity index is 1720. The fourth-order valence-corrected chi connectivity index (χ4v) is 9.62. The van der Waals surface area contributed by atoms with E-state index in [2.05, 4.69) is 0 Å². The van der Waals surface area contributed by atoms with Crippen molar-refractivity contribution >= 4 is 40.1 Å². The first-order valence-corrected chi connectivity index (χ1v) is 19.9. The van der Waals surface area contributed by atoms with E-state index in [0.717, 1.165) is 0 Å². The third-order valence-electron chi connectivity index (χ3n) is 7.41. The molecule has 0 bridgehead atoms. The molecule has 3 rings (SSSR count). The Morgan fingerprint density at radius 2 is 0.688 bits per heavy atom. The second-order valence-electron chi connectivity index (χ2n) is 10.8. The van der Waals surface area contributed by atoms with E-state index in [1.807, 2.05) is 0 Å². The van der Waals surface area contributed by atoms with Crippen molar-refractivity contribution in [3.63, 3.8) is 0 Å². The van der Waals surface area contributed by atoms with Crippen LogP contribution in [-0.2, 0) is 40.1 Å². The van der Waals surface area contributed by atoms with Gasteiger partial charge in [-0.05, 0) is 51.0 Å². The van der Waals surface area contributed by atoms with Crippen LogP contribution in [-0.4, -0.2) is 114 Å². The van der Waals surface area contributed by atoms with Crippen molar-refractivity contribution in [3.8, 4) is 0 Å². The molecule has 1 fully saturated rings. The van der Waals surface area contributed by atoms with Crippen molar-refractivity contribution < 1.29 is 60.0 Å². The molecule has 0 aromatic heterocycles. The van der Waals surface area contributed by atoms with Gasteiger partial charge in [-0.3, -0.25) is 0 Å². The number of alkyl halides is 6. The van der Waals surface area contributed by atoms with Crippen LogP contribution in [0.1, 0.15) is 24.0 Å². The Hall–Kier alpha value is -2.34. The van der Waals surface area contributed by atoms with Gasteiger partial charge < -0.3 is 0 Å². The predicted octanol–water partition coefficient (Wildman–Crippen LogP) is 3.08. The van der Waals surface area contributed by atoms with E-state index < -0.39 is 116 Å². The average Bonchev–Trinajstić information content (AvgIpc) is 2.96. The van der Waals surface area contributed by atoms with Gasteiger partial charge in [-0.25, -0.2) is 33.7 Å². The van der Waals surface area contributed by atoms with Gasteiger partial charge >= 0.3 is 31.1 Å². The molecule has 1 saturated heterocycles. The largest absolute Gasteiger partial charge is 0.511 e. The Labute approximate surface area is 276 Å². The molecule has 12 nitrogen and oxygen atoms in total. The van der Waals surface area contributed by atoms with Gasteiger partial charge in [0.25, 0.3) is 0 Å². The van der Waals surface area contributed by atoms with E-state index >= 15 is 0 Å². The fraction of sp³-hybridized carbons (Fsp3) is 0.538. The molecule has 1 aliphatic rings. The molecular formula is C26H34F6N4O8S4. The van der Waals surface area contributed by atoms with Gasteiger partial charge in [0, 0.05) is 52.4 Å². The molecule has 0 spiro atoms. The highest BCUT2D eigenvalue weighted by molar-refractivity contribution is 7.90. The fourth-order valence-electron chi connectivity index (χ4n) is 4.71. The van der Waals surface area contributed by atoms with E-state index in [1.165, 1.54) is 48.5 Å². The van der Waals surface area contributed by atoms with Crippen LogP contribution < -0.4 is 0 Å². The second-order valence-corrected chi connectivity index (χ2v) is 18.6. The van der Waals surface area contributed by atoms with Gasteiger partial charge in [0.2, 0.25) is 20.0 Å². The topological polar surface area (TPSA) is 150 Å². The minimum Gasteiger partial charge on any atom is -0.207 e. The molecule has 0 unspecified atom stereocenters. The summed E-state index contributed by atoms with van der Waals surface area (Å²) >= 11 is 0. The summed E-state index contributed by atoms with van der Waals surface area (Å²) < 4.78 is 187. The summed E-state index contributed by atoms with van der Waals surface area (Å²) in [5.41, 5.74) is -10.3. The zero-order valence-corrected chi connectivity index (χ0v) is 28.9. The Morgan fingerprint density at radius 1 is 0.438 bits per heavy atom. The molecule has 0 amide bonds. The van der Waals surface area contributed by atoms with Gasteiger partial charge in [0.1, 0.15) is 0 Å². The monoisotopic (exact) mass is 772 g/mol. The van der Waals surface area contributed by atoms with Crippen molar-refractivity contribution in [3.05, 3.63) is 59.7 Å². The smallest absolute Gasteiger partial charge is 0.207 e. The van der Waals surface area contributed by atoms with Crippen molar-refractivity contribution in [2.75, 3.05) is 52.4 Å². The van der Waals surface area contributed by atoms with Crippen LogP contribution in [0, 0.1) is 13.8 Å². The van der Waals surface area contributed by atoms with Crippen molar-refractivity contribution in [2.24, 2.45) is 0 Å². The number of hydrogen-bond donors (Lipinski definition) is 0. The lowest BCUT2D eigenvalue weighted by Gasteiger charge is -2.31. The molecule has 1 heterocycles. The van der Waals surface area contributed by atoms with Crippen LogP contribution in [0.5, 0.6) is 0 Å². The van der Waals surface area contributed by atoms with E-state index in [4.69, 9.17) is 0 Å². The van der Waals surface area contributed by atoms with Crippen LogP contribution in [0.25, 0.3) is 0 Å². The molecule has 22 heteroatoms. The van der Waals surface area contributed by atoms with E-state index in [1.54, 1.807) is 13.8 Å². The number of nitrogens with zero attached hydrogens (tertiary/aromatic N) is 4. The van der Waals surface area contributed by atoms with Gasteiger partial charge in [0.05, 0.1) is 9.79 Å². The first-order valence-electron chi connectivity index (χ1n) is 14.2. The zero-order chi connectivity index (χ0) is 36.3. The Balaban J connectivity index is 2.09. The summed E-state index contributed by atoms with van der Waals surface area (Å²) in [5, 5.41) is 0. The molecule has 272 valence electrons. The molecule has 48 heavy (non-hydrogen) atoms. The molecule has 0 N–H and O–H groups in total. The maximum Gasteiger partial charge on any atom is 0.511 e. The van der Waals surface area contributed by atoms with Crippen LogP contribution in [0.4, 0.5) is 26.3 Å². The highest BCUT2D eigenvalue weighted by atomic mass is 32.2. The van der Waals surface area contributed by atoms with Gasteiger partial charge in [-0.1, -0.05) is 35.4 Å². The first kappa shape index (κ1) is 40.1. The van der Waals surface area contributed by atoms with Gasteiger partial charge in [0.15, 0.2) is 0 Å². The summed E-state index contributed by atoms with van der Waals surface area (Å²) in [6, 6.07) is 10.3. The lowest BCUT2D eigenvalue weighted by Crippen LogP contribution is -2.49. The number of benzene rings is 2. The minimum atomic E-state index is -6.07. The molecule has 0 radical (unpaired) electrons. The molecule has 0 saturated carbocycles. The first-order chi connectivity index (χ1) is 21.9. The summed E-state index contributed by atoms with van der Waals surface area (Å²) in [5.74, 6) is 0. The number of aryl methyl sites for hydroxylation is 2. The molecule has 2 aromatic carbocycles. The summed E-state index contributed by atoms with van der Waals surface area (Å²) in [6.07, 6.45) is -1.26. The van der Waals surface area contributed by atoms with Crippen molar-refractivity contribution in [2.45, 2.75) is 47.5 Å². The highest BCUT2D eigenvalue weighted by Crippen LogP contribution is 2.30. The molecule has 0 aliphatic carbocycles. The third kappa shape index (κ3) is 9.06. The number of hydrogen-bond acceptors (Lipinski definition) is 8. The van der Waals surface area contributed by atoms with Crippen LogP contribution in [0.15, 0.2) is 58.3 Å². The zero-order valence-electron chi connectivity index (χ0n) is 25.6. The van der Waals surface area contributed by atoms with Gasteiger partial charge in [-0.15, -0.1) is 0 Å². The van der Waals surface area contributed by atoms with E-state index in [9.17, 15) is 60.0 Å². The van der Waals surface area contributed by atoms with Crippen LogP contribution in [0.2, 0.25) is 0 Å². The standard InChI is InChI=1S/C26H34F6N4O8S4/c1-21-5-9-23(10-6-21)45(37,38)33-13-3-15-36(48(43,44)26(30,31)32)20-18-34(46(39,40)24-11-7-22(2)8-12-24)14-4-16-35(19-17-33)47(41,42)25(27,28)29/h5-12H,3-4,13-20H2,1-2H3. The van der Waals surface area contributed by atoms with E-state index in [0.29, 0.717) is 19.7 Å². The third-order valence-corrected chi connectivity index (χ3v) is 14.5. The number of rotatable bonds is 6. The summed E-state index contributed by atoms with van der Waals surface area (Å²) in [6.45, 7) is -4.05. The molecule has 2 aromatic rings. The maximum absolute atomic E-state index is 13.7. The summed E-state index contributed by atoms with van der Waals surface area (Å²) in [4.78, 5) is -0.702. The van der Waals surface area contributed by atoms with Crippen LogP contribution >= 0.6 is 0 Å². The SMILES string of the molecule is Cc1ccc(S(=O)(=O)N2CCCN(S(=O)(=O)C(F)(F)F)CCN(S(=O)(=O)c3ccc(C)cc3)CCCN(S(=O)(=O)C(F)(F)F)CC2)cc1. The predicted molar refractivity (Wildman–Crippen MR) is 162 cm³/mol. The Kier molecular flexibility index (Phi) is 12.4. The van der Waals surface area contributed by atoms with Crippen molar-refractivity contribution in [1.82, 2.24) is 17.2 Å². The molecular weight excluding hydrogens is 739 g/mol. The van der Waals surface area contributed by atoms with Gasteiger partial charge in [-0.2, -0.15) is 43.6 Å². The molecule has 0 atom stereocenters. The average molecular weight is 773 g/mol. The number of sulfonamides is 4. The van der Waals surface area contributed by atoms with Crippen LogP contribution in [0.3, 0.4) is 0 Å². The lowest BCUT2D eigenvalue weighted by molar-refractivity contribution is -0.0498. The minimum absolute atomic E-state index is 0.0342. The quantitative estimate of drug-likeness (QED) is 0.407. The second kappa shape index (κ2) is 14.9. The number of halogens is 6. The Morgan fingerprint density at radius 3 is 0.958 bits per heavy atom.